The van der Waals surface area contributed by atoms with Gasteiger partial charge in [0.15, 0.2) is 0 Å². The molecular weight excluding hydrogens is 240 g/mol. The highest BCUT2D eigenvalue weighted by Crippen LogP contribution is 2.32. The summed E-state index contributed by atoms with van der Waals surface area (Å²) in [6, 6.07) is 4.38. The fourth-order valence-corrected chi connectivity index (χ4v) is 1.99. The van der Waals surface area contributed by atoms with E-state index in [1.807, 2.05) is 0 Å². The van der Waals surface area contributed by atoms with Gasteiger partial charge in [-0.25, -0.2) is 0 Å². The zero-order valence-corrected chi connectivity index (χ0v) is 10.8. The van der Waals surface area contributed by atoms with E-state index in [4.69, 9.17) is 4.74 Å². The molecule has 0 aliphatic carbocycles. The lowest BCUT2D eigenvalue weighted by atomic mass is 10.0. The molecule has 0 amide bonds. The number of methoxy groups -OCH3 is 1. The zero-order valence-electron chi connectivity index (χ0n) is 9.23. The second-order valence-corrected chi connectivity index (χ2v) is 4.67. The zero-order chi connectivity index (χ0) is 10.7. The minimum atomic E-state index is 0.450. The lowest BCUT2D eigenvalue weighted by molar-refractivity contribution is 0.408. The van der Waals surface area contributed by atoms with E-state index in [-0.39, 0.29) is 0 Å². The summed E-state index contributed by atoms with van der Waals surface area (Å²) in [5.41, 5.74) is 3.75. The molecule has 1 aromatic carbocycles. The third-order valence-corrected chi connectivity index (χ3v) is 3.58. The van der Waals surface area contributed by atoms with Crippen LogP contribution >= 0.6 is 15.9 Å². The number of halogens is 1. The maximum absolute atomic E-state index is 5.33. The number of benzene rings is 1. The van der Waals surface area contributed by atoms with Crippen LogP contribution in [0, 0.1) is 13.8 Å². The Balaban J connectivity index is 3.13. The molecule has 0 aromatic heterocycles. The average Bonchev–Trinajstić information content (AvgIpc) is 2.16. The smallest absolute Gasteiger partial charge is 0.124 e. The molecular formula is C12H17BrO. The summed E-state index contributed by atoms with van der Waals surface area (Å²) in [6.45, 7) is 6.35. The Bertz CT molecular complexity index is 297. The molecule has 1 aromatic rings. The van der Waals surface area contributed by atoms with Crippen molar-refractivity contribution in [3.05, 3.63) is 28.8 Å². The first-order chi connectivity index (χ1) is 6.60. The molecule has 0 spiro atoms. The summed E-state index contributed by atoms with van der Waals surface area (Å²) in [7, 11) is 1.72. The van der Waals surface area contributed by atoms with Crippen molar-refractivity contribution >= 4 is 15.9 Å². The SMILES string of the molecule is CCC(Br)c1cc(C)c(OC)c(C)c1. The Kier molecular flexibility index (Phi) is 3.99. The summed E-state index contributed by atoms with van der Waals surface area (Å²) < 4.78 is 5.33. The Hall–Kier alpha value is -0.500. The summed E-state index contributed by atoms with van der Waals surface area (Å²) >= 11 is 3.66. The number of alkyl halides is 1. The molecule has 0 saturated carbocycles. The van der Waals surface area contributed by atoms with E-state index in [0.717, 1.165) is 12.2 Å². The minimum Gasteiger partial charge on any atom is -0.496 e. The summed E-state index contributed by atoms with van der Waals surface area (Å²) in [5.74, 6) is 1.00. The van der Waals surface area contributed by atoms with Crippen molar-refractivity contribution in [1.82, 2.24) is 0 Å². The van der Waals surface area contributed by atoms with Crippen LogP contribution in [-0.4, -0.2) is 7.11 Å². The highest BCUT2D eigenvalue weighted by Gasteiger charge is 2.09. The molecule has 2 heteroatoms. The van der Waals surface area contributed by atoms with Crippen molar-refractivity contribution in [2.45, 2.75) is 32.0 Å². The number of hydrogen-bond acceptors (Lipinski definition) is 1. The van der Waals surface area contributed by atoms with Crippen LogP contribution in [0.25, 0.3) is 0 Å². The van der Waals surface area contributed by atoms with E-state index in [2.05, 4.69) is 48.8 Å². The maximum atomic E-state index is 5.33. The van der Waals surface area contributed by atoms with Gasteiger partial charge in [-0.05, 0) is 37.0 Å². The molecule has 0 bridgehead atoms. The van der Waals surface area contributed by atoms with Crippen LogP contribution in [0.5, 0.6) is 5.75 Å². The second kappa shape index (κ2) is 4.83. The maximum Gasteiger partial charge on any atom is 0.124 e. The molecule has 0 N–H and O–H groups in total. The molecule has 0 aliphatic rings. The van der Waals surface area contributed by atoms with Crippen LogP contribution in [-0.2, 0) is 0 Å². The van der Waals surface area contributed by atoms with Gasteiger partial charge in [-0.2, -0.15) is 0 Å². The van der Waals surface area contributed by atoms with Crippen molar-refractivity contribution in [3.8, 4) is 5.75 Å². The molecule has 14 heavy (non-hydrogen) atoms. The molecule has 1 rings (SSSR count). The fourth-order valence-electron chi connectivity index (χ4n) is 1.72. The van der Waals surface area contributed by atoms with Gasteiger partial charge in [0.05, 0.1) is 7.11 Å². The highest BCUT2D eigenvalue weighted by molar-refractivity contribution is 9.09. The van der Waals surface area contributed by atoms with E-state index in [0.29, 0.717) is 4.83 Å². The Labute approximate surface area is 94.6 Å². The van der Waals surface area contributed by atoms with E-state index in [1.54, 1.807) is 7.11 Å². The number of aryl methyl sites for hydroxylation is 2. The van der Waals surface area contributed by atoms with Crippen molar-refractivity contribution in [2.24, 2.45) is 0 Å². The van der Waals surface area contributed by atoms with E-state index >= 15 is 0 Å². The Morgan fingerprint density at radius 2 is 1.79 bits per heavy atom. The van der Waals surface area contributed by atoms with Gasteiger partial charge in [0, 0.05) is 4.83 Å². The van der Waals surface area contributed by atoms with Crippen LogP contribution in [0.4, 0.5) is 0 Å². The molecule has 78 valence electrons. The summed E-state index contributed by atoms with van der Waals surface area (Å²) in [5, 5.41) is 0. The molecule has 1 nitrogen and oxygen atoms in total. The molecule has 0 aliphatic heterocycles. The van der Waals surface area contributed by atoms with Crippen LogP contribution in [0.1, 0.15) is 34.9 Å². The van der Waals surface area contributed by atoms with Crippen LogP contribution in [0.15, 0.2) is 12.1 Å². The number of hydrogen-bond donors (Lipinski definition) is 0. The van der Waals surface area contributed by atoms with E-state index < -0.39 is 0 Å². The van der Waals surface area contributed by atoms with Gasteiger partial charge in [-0.1, -0.05) is 35.0 Å². The monoisotopic (exact) mass is 256 g/mol. The third kappa shape index (κ3) is 2.30. The van der Waals surface area contributed by atoms with Crippen molar-refractivity contribution in [3.63, 3.8) is 0 Å². The summed E-state index contributed by atoms with van der Waals surface area (Å²) in [6.07, 6.45) is 1.10. The predicted molar refractivity (Wildman–Crippen MR) is 64.4 cm³/mol. The molecule has 1 unspecified atom stereocenters. The average molecular weight is 257 g/mol. The van der Waals surface area contributed by atoms with Gasteiger partial charge in [-0.3, -0.25) is 0 Å². The van der Waals surface area contributed by atoms with Gasteiger partial charge >= 0.3 is 0 Å². The molecule has 0 heterocycles. The van der Waals surface area contributed by atoms with Gasteiger partial charge in [0.25, 0.3) is 0 Å². The van der Waals surface area contributed by atoms with Gasteiger partial charge < -0.3 is 4.74 Å². The van der Waals surface area contributed by atoms with Gasteiger partial charge in [0.2, 0.25) is 0 Å². The highest BCUT2D eigenvalue weighted by atomic mass is 79.9. The topological polar surface area (TPSA) is 9.23 Å². The van der Waals surface area contributed by atoms with E-state index in [9.17, 15) is 0 Å². The third-order valence-electron chi connectivity index (χ3n) is 2.41. The largest absolute Gasteiger partial charge is 0.496 e. The Morgan fingerprint density at radius 1 is 1.29 bits per heavy atom. The molecule has 0 fully saturated rings. The number of ether oxygens (including phenoxy) is 1. The first-order valence-corrected chi connectivity index (χ1v) is 5.80. The normalized spacial score (nSPS) is 12.6. The van der Waals surface area contributed by atoms with Crippen molar-refractivity contribution in [2.75, 3.05) is 7.11 Å². The predicted octanol–water partition coefficient (Wildman–Crippen LogP) is 4.16. The summed E-state index contributed by atoms with van der Waals surface area (Å²) in [4.78, 5) is 0.450. The lowest BCUT2D eigenvalue weighted by Crippen LogP contribution is -1.95. The van der Waals surface area contributed by atoms with Crippen molar-refractivity contribution < 1.29 is 4.74 Å². The van der Waals surface area contributed by atoms with Gasteiger partial charge in [-0.15, -0.1) is 0 Å². The second-order valence-electron chi connectivity index (χ2n) is 3.56. The van der Waals surface area contributed by atoms with Crippen LogP contribution < -0.4 is 4.74 Å². The number of rotatable bonds is 3. The van der Waals surface area contributed by atoms with Crippen molar-refractivity contribution in [1.29, 1.82) is 0 Å². The quantitative estimate of drug-likeness (QED) is 0.739. The molecule has 0 radical (unpaired) electrons. The Morgan fingerprint density at radius 3 is 2.14 bits per heavy atom. The van der Waals surface area contributed by atoms with Crippen LogP contribution in [0.3, 0.4) is 0 Å². The molecule has 0 saturated heterocycles. The standard InChI is InChI=1S/C12H17BrO/c1-5-11(13)10-6-8(2)12(14-4)9(3)7-10/h6-7,11H,5H2,1-4H3. The first-order valence-electron chi connectivity index (χ1n) is 4.89. The fraction of sp³-hybridized carbons (Fsp3) is 0.500. The lowest BCUT2D eigenvalue weighted by Gasteiger charge is -2.13. The van der Waals surface area contributed by atoms with Crippen LogP contribution in [0.2, 0.25) is 0 Å². The minimum absolute atomic E-state index is 0.450. The first kappa shape index (κ1) is 11.6. The van der Waals surface area contributed by atoms with Gasteiger partial charge in [0.1, 0.15) is 5.75 Å². The molecule has 1 atom stereocenters. The van der Waals surface area contributed by atoms with E-state index in [1.165, 1.54) is 16.7 Å².